The van der Waals surface area contributed by atoms with Crippen LogP contribution in [0.3, 0.4) is 0 Å². The Hall–Kier alpha value is -3.12. The van der Waals surface area contributed by atoms with Crippen LogP contribution in [0.2, 0.25) is 0 Å². The first-order valence-electron chi connectivity index (χ1n) is 9.17. The summed E-state index contributed by atoms with van der Waals surface area (Å²) in [6.07, 6.45) is 1.65. The van der Waals surface area contributed by atoms with E-state index in [1.165, 1.54) is 0 Å². The molecule has 1 N–H and O–H groups in total. The van der Waals surface area contributed by atoms with E-state index in [1.807, 2.05) is 62.4 Å². The fourth-order valence-corrected chi connectivity index (χ4v) is 3.10. The third-order valence-electron chi connectivity index (χ3n) is 4.62. The Labute approximate surface area is 164 Å². The number of aryl methyl sites for hydroxylation is 1. The molecule has 0 unspecified atom stereocenters. The van der Waals surface area contributed by atoms with Crippen molar-refractivity contribution in [2.75, 3.05) is 20.3 Å². The third kappa shape index (κ3) is 4.78. The lowest BCUT2D eigenvalue weighted by molar-refractivity contribution is -0.123. The van der Waals surface area contributed by atoms with Gasteiger partial charge in [0.15, 0.2) is 6.61 Å². The fraction of sp³-hybridized carbons (Fsp3) is 0.273. The zero-order chi connectivity index (χ0) is 19.9. The van der Waals surface area contributed by atoms with Gasteiger partial charge in [-0.15, -0.1) is 0 Å². The van der Waals surface area contributed by atoms with E-state index in [4.69, 9.17) is 9.47 Å². The van der Waals surface area contributed by atoms with E-state index in [0.29, 0.717) is 12.4 Å². The molecule has 3 rings (SSSR count). The van der Waals surface area contributed by atoms with Crippen molar-refractivity contribution < 1.29 is 14.3 Å². The second-order valence-corrected chi connectivity index (χ2v) is 6.56. The Morgan fingerprint density at radius 3 is 2.71 bits per heavy atom. The highest BCUT2D eigenvalue weighted by Gasteiger charge is 2.07. The van der Waals surface area contributed by atoms with E-state index in [0.717, 1.165) is 34.3 Å². The minimum absolute atomic E-state index is 0.0947. The van der Waals surface area contributed by atoms with Gasteiger partial charge in [-0.25, -0.2) is 5.43 Å². The number of ether oxygens (including phenoxy) is 2. The van der Waals surface area contributed by atoms with Crippen molar-refractivity contribution >= 4 is 22.9 Å². The molecule has 2 aromatic carbocycles. The number of hydrogen-bond donors (Lipinski definition) is 1. The molecule has 0 bridgehead atoms. The lowest BCUT2D eigenvalue weighted by Crippen LogP contribution is -2.24. The lowest BCUT2D eigenvalue weighted by atomic mass is 10.1. The van der Waals surface area contributed by atoms with Crippen LogP contribution in [0.15, 0.2) is 53.6 Å². The largest absolute Gasteiger partial charge is 0.484 e. The first-order chi connectivity index (χ1) is 13.6. The maximum absolute atomic E-state index is 12.0. The fourth-order valence-electron chi connectivity index (χ4n) is 3.10. The standard InChI is InChI=1S/C22H25N3O3/c1-16-12-20(17(2)25(16)10-11-27-3)14-23-24-22(26)15-28-21-9-8-18-6-4-5-7-19(18)13-21/h4-9,12-14H,10-11,15H2,1-3H3,(H,24,26)/b23-14+. The molecular formula is C22H25N3O3. The van der Waals surface area contributed by atoms with Crippen LogP contribution in [0.25, 0.3) is 10.8 Å². The maximum Gasteiger partial charge on any atom is 0.277 e. The molecule has 0 saturated carbocycles. The Bertz CT molecular complexity index is 992. The van der Waals surface area contributed by atoms with Crippen LogP contribution >= 0.6 is 0 Å². The number of rotatable bonds is 8. The number of fused-ring (bicyclic) bond motifs is 1. The maximum atomic E-state index is 12.0. The van der Waals surface area contributed by atoms with Gasteiger partial charge in [0, 0.05) is 30.6 Å². The second kappa shape index (κ2) is 9.19. The molecule has 6 heteroatoms. The molecule has 1 aromatic heterocycles. The Kier molecular flexibility index (Phi) is 6.45. The van der Waals surface area contributed by atoms with Crippen molar-refractivity contribution in [2.45, 2.75) is 20.4 Å². The highest BCUT2D eigenvalue weighted by atomic mass is 16.5. The summed E-state index contributed by atoms with van der Waals surface area (Å²) < 4.78 is 12.9. The summed E-state index contributed by atoms with van der Waals surface area (Å²) in [6, 6.07) is 15.8. The SMILES string of the molecule is COCCn1c(C)cc(/C=N/NC(=O)COc2ccc3ccccc3c2)c1C. The Balaban J connectivity index is 1.53. The van der Waals surface area contributed by atoms with Gasteiger partial charge in [0.1, 0.15) is 5.75 Å². The summed E-state index contributed by atoms with van der Waals surface area (Å²) in [5, 5.41) is 6.25. The van der Waals surface area contributed by atoms with Crippen molar-refractivity contribution in [3.8, 4) is 5.75 Å². The number of methoxy groups -OCH3 is 1. The highest BCUT2D eigenvalue weighted by Crippen LogP contribution is 2.20. The van der Waals surface area contributed by atoms with Crippen molar-refractivity contribution in [2.24, 2.45) is 5.10 Å². The molecule has 6 nitrogen and oxygen atoms in total. The zero-order valence-electron chi connectivity index (χ0n) is 16.4. The second-order valence-electron chi connectivity index (χ2n) is 6.56. The lowest BCUT2D eigenvalue weighted by Gasteiger charge is -2.08. The van der Waals surface area contributed by atoms with Crippen molar-refractivity contribution in [1.29, 1.82) is 0 Å². The third-order valence-corrected chi connectivity index (χ3v) is 4.62. The van der Waals surface area contributed by atoms with Crippen molar-refractivity contribution in [3.63, 3.8) is 0 Å². The Morgan fingerprint density at radius 1 is 1.14 bits per heavy atom. The van der Waals surface area contributed by atoms with Crippen LogP contribution in [0.4, 0.5) is 0 Å². The molecule has 146 valence electrons. The molecule has 0 spiro atoms. The number of aromatic nitrogens is 1. The molecule has 0 radical (unpaired) electrons. The van der Waals surface area contributed by atoms with Gasteiger partial charge in [-0.1, -0.05) is 30.3 Å². The zero-order valence-corrected chi connectivity index (χ0v) is 16.4. The summed E-state index contributed by atoms with van der Waals surface area (Å²) >= 11 is 0. The van der Waals surface area contributed by atoms with E-state index >= 15 is 0 Å². The topological polar surface area (TPSA) is 64.8 Å². The monoisotopic (exact) mass is 379 g/mol. The van der Waals surface area contributed by atoms with Crippen LogP contribution in [0.5, 0.6) is 5.75 Å². The summed E-state index contributed by atoms with van der Waals surface area (Å²) in [4.78, 5) is 12.0. The van der Waals surface area contributed by atoms with Gasteiger partial charge >= 0.3 is 0 Å². The van der Waals surface area contributed by atoms with E-state index in [-0.39, 0.29) is 12.5 Å². The molecule has 0 aliphatic rings. The molecule has 0 aliphatic carbocycles. The number of hydrazone groups is 1. The average molecular weight is 379 g/mol. The first-order valence-corrected chi connectivity index (χ1v) is 9.17. The Morgan fingerprint density at radius 2 is 1.93 bits per heavy atom. The molecule has 0 atom stereocenters. The summed E-state index contributed by atoms with van der Waals surface area (Å²) in [6.45, 7) is 5.40. The summed E-state index contributed by atoms with van der Waals surface area (Å²) in [5.74, 6) is 0.345. The van der Waals surface area contributed by atoms with E-state index in [1.54, 1.807) is 13.3 Å². The van der Waals surface area contributed by atoms with Gasteiger partial charge in [-0.05, 0) is 42.8 Å². The number of benzene rings is 2. The van der Waals surface area contributed by atoms with Crippen molar-refractivity contribution in [3.05, 3.63) is 65.5 Å². The molecular weight excluding hydrogens is 354 g/mol. The van der Waals surface area contributed by atoms with Gasteiger partial charge in [0.2, 0.25) is 0 Å². The van der Waals surface area contributed by atoms with Gasteiger partial charge < -0.3 is 14.0 Å². The molecule has 1 heterocycles. The minimum Gasteiger partial charge on any atom is -0.484 e. The molecule has 28 heavy (non-hydrogen) atoms. The van der Waals surface area contributed by atoms with Gasteiger partial charge in [0.25, 0.3) is 5.91 Å². The smallest absolute Gasteiger partial charge is 0.277 e. The molecule has 0 fully saturated rings. The molecule has 3 aromatic rings. The van der Waals surface area contributed by atoms with E-state index in [2.05, 4.69) is 15.1 Å². The van der Waals surface area contributed by atoms with Crippen LogP contribution in [0, 0.1) is 13.8 Å². The predicted molar refractivity (Wildman–Crippen MR) is 111 cm³/mol. The molecule has 0 saturated heterocycles. The summed E-state index contributed by atoms with van der Waals surface area (Å²) in [5.41, 5.74) is 5.68. The predicted octanol–water partition coefficient (Wildman–Crippen LogP) is 3.43. The summed E-state index contributed by atoms with van der Waals surface area (Å²) in [7, 11) is 1.69. The van der Waals surface area contributed by atoms with Crippen LogP contribution in [-0.2, 0) is 16.1 Å². The number of hydrogen-bond acceptors (Lipinski definition) is 4. The van der Waals surface area contributed by atoms with Crippen LogP contribution in [-0.4, -0.2) is 37.0 Å². The number of carbonyl (C=O) groups excluding carboxylic acids is 1. The number of nitrogens with one attached hydrogen (secondary N) is 1. The van der Waals surface area contributed by atoms with E-state index in [9.17, 15) is 4.79 Å². The van der Waals surface area contributed by atoms with Crippen LogP contribution < -0.4 is 10.2 Å². The average Bonchev–Trinajstić information content (AvgIpc) is 2.97. The quantitative estimate of drug-likeness (QED) is 0.482. The van der Waals surface area contributed by atoms with Crippen molar-refractivity contribution in [1.82, 2.24) is 9.99 Å². The van der Waals surface area contributed by atoms with Gasteiger partial charge in [-0.3, -0.25) is 4.79 Å². The molecule has 0 aliphatic heterocycles. The van der Waals surface area contributed by atoms with Gasteiger partial charge in [-0.2, -0.15) is 5.10 Å². The first kappa shape index (κ1) is 19.6. The number of nitrogens with zero attached hydrogens (tertiary/aromatic N) is 2. The highest BCUT2D eigenvalue weighted by molar-refractivity contribution is 5.85. The van der Waals surface area contributed by atoms with Gasteiger partial charge in [0.05, 0.1) is 12.8 Å². The molecule has 1 amide bonds. The van der Waals surface area contributed by atoms with Crippen LogP contribution in [0.1, 0.15) is 17.0 Å². The normalized spacial score (nSPS) is 11.2. The number of carbonyl (C=O) groups is 1. The number of amides is 1. The van der Waals surface area contributed by atoms with E-state index < -0.39 is 0 Å². The minimum atomic E-state index is -0.308.